The molecule has 0 aliphatic rings. The van der Waals surface area contributed by atoms with Crippen molar-refractivity contribution in [2.24, 2.45) is 0 Å². The molecule has 0 aromatic heterocycles. The Balaban J connectivity index is 2.68. The maximum atomic E-state index is 11.8. The van der Waals surface area contributed by atoms with E-state index in [4.69, 9.17) is 0 Å². The number of hydrogen-bond acceptors (Lipinski definition) is 1. The van der Waals surface area contributed by atoms with E-state index in [9.17, 15) is 4.39 Å². The second-order valence-electron chi connectivity index (χ2n) is 1.59. The maximum absolute atomic E-state index is 11.8. The van der Waals surface area contributed by atoms with Crippen LogP contribution >= 0.6 is 0 Å². The van der Waals surface area contributed by atoms with Crippen molar-refractivity contribution in [1.82, 2.24) is 5.32 Å². The smallest absolute Gasteiger partial charge is 0.110 e. The molecule has 7 heavy (non-hydrogen) atoms. The molecular formula is C5H12FN. The van der Waals surface area contributed by atoms with Crippen LogP contribution in [0.25, 0.3) is 0 Å². The number of hydrogen-bond donors (Lipinski definition) is 1. The molecule has 0 saturated heterocycles. The van der Waals surface area contributed by atoms with Crippen molar-refractivity contribution in [3.05, 3.63) is 0 Å². The first-order valence-electron chi connectivity index (χ1n) is 2.62. The van der Waals surface area contributed by atoms with Gasteiger partial charge in [-0.25, -0.2) is 4.39 Å². The standard InChI is InChI=1S/C5H12FN/c1-3-7-4-5(2)6/h5,7H,3-4H2,1-2H3/t5-/m0/s1. The summed E-state index contributed by atoms with van der Waals surface area (Å²) in [6.07, 6.45) is -0.708. The zero-order valence-electron chi connectivity index (χ0n) is 4.87. The predicted octanol–water partition coefficient (Wildman–Crippen LogP) is 0.954. The van der Waals surface area contributed by atoms with Gasteiger partial charge in [0.1, 0.15) is 6.17 Å². The van der Waals surface area contributed by atoms with Crippen molar-refractivity contribution in [3.8, 4) is 0 Å². The lowest BCUT2D eigenvalue weighted by molar-refractivity contribution is 0.347. The normalized spacial score (nSPS) is 14.1. The third-order valence-electron chi connectivity index (χ3n) is 0.676. The molecule has 0 aromatic carbocycles. The Bertz CT molecular complexity index is 37.1. The fraction of sp³-hybridized carbons (Fsp3) is 1.00. The van der Waals surface area contributed by atoms with Gasteiger partial charge in [0.25, 0.3) is 0 Å². The van der Waals surface area contributed by atoms with Crippen molar-refractivity contribution >= 4 is 0 Å². The van der Waals surface area contributed by atoms with E-state index in [1.807, 2.05) is 6.92 Å². The summed E-state index contributed by atoms with van der Waals surface area (Å²) in [5.41, 5.74) is 0. The molecule has 0 heterocycles. The molecular weight excluding hydrogens is 93.1 g/mol. The van der Waals surface area contributed by atoms with E-state index in [1.165, 1.54) is 0 Å². The summed E-state index contributed by atoms with van der Waals surface area (Å²) < 4.78 is 11.8. The summed E-state index contributed by atoms with van der Waals surface area (Å²) >= 11 is 0. The average Bonchev–Trinajstić information content (AvgIpc) is 1.61. The Hall–Kier alpha value is -0.110. The van der Waals surface area contributed by atoms with Crippen LogP contribution in [0.4, 0.5) is 4.39 Å². The maximum Gasteiger partial charge on any atom is 0.110 e. The molecule has 0 aliphatic carbocycles. The molecule has 0 rings (SSSR count). The first-order valence-corrected chi connectivity index (χ1v) is 2.62. The van der Waals surface area contributed by atoms with Crippen molar-refractivity contribution < 1.29 is 4.39 Å². The third-order valence-corrected chi connectivity index (χ3v) is 0.676. The van der Waals surface area contributed by atoms with E-state index in [2.05, 4.69) is 5.32 Å². The molecule has 1 N–H and O–H groups in total. The van der Waals surface area contributed by atoms with Gasteiger partial charge >= 0.3 is 0 Å². The van der Waals surface area contributed by atoms with Crippen molar-refractivity contribution in [2.75, 3.05) is 13.1 Å². The number of nitrogens with one attached hydrogen (secondary N) is 1. The quantitative estimate of drug-likeness (QED) is 0.563. The summed E-state index contributed by atoms with van der Waals surface area (Å²) in [7, 11) is 0. The van der Waals surface area contributed by atoms with Gasteiger partial charge in [-0.3, -0.25) is 0 Å². The Labute approximate surface area is 43.9 Å². The summed E-state index contributed by atoms with van der Waals surface area (Å²) in [5.74, 6) is 0. The minimum atomic E-state index is -0.708. The van der Waals surface area contributed by atoms with Gasteiger partial charge in [-0.15, -0.1) is 0 Å². The van der Waals surface area contributed by atoms with Gasteiger partial charge < -0.3 is 5.32 Å². The zero-order chi connectivity index (χ0) is 5.70. The van der Waals surface area contributed by atoms with Gasteiger partial charge in [0.15, 0.2) is 0 Å². The third kappa shape index (κ3) is 5.89. The van der Waals surface area contributed by atoms with Crippen LogP contribution in [-0.2, 0) is 0 Å². The van der Waals surface area contributed by atoms with E-state index in [1.54, 1.807) is 6.92 Å². The minimum Gasteiger partial charge on any atom is -0.314 e. The molecule has 0 aromatic rings. The lowest BCUT2D eigenvalue weighted by Gasteiger charge is -1.98. The number of rotatable bonds is 3. The van der Waals surface area contributed by atoms with Crippen molar-refractivity contribution in [1.29, 1.82) is 0 Å². The van der Waals surface area contributed by atoms with Crippen LogP contribution in [0, 0.1) is 0 Å². The average molecular weight is 105 g/mol. The van der Waals surface area contributed by atoms with Crippen molar-refractivity contribution in [2.45, 2.75) is 20.0 Å². The highest BCUT2D eigenvalue weighted by molar-refractivity contribution is 4.48. The van der Waals surface area contributed by atoms with Gasteiger partial charge in [-0.2, -0.15) is 0 Å². The SMILES string of the molecule is CCNC[C@H](C)F. The molecule has 0 radical (unpaired) electrons. The van der Waals surface area contributed by atoms with Gasteiger partial charge in [-0.1, -0.05) is 6.92 Å². The molecule has 0 amide bonds. The summed E-state index contributed by atoms with van der Waals surface area (Å²) in [5, 5.41) is 2.87. The van der Waals surface area contributed by atoms with Crippen LogP contribution < -0.4 is 5.32 Å². The number of alkyl halides is 1. The molecule has 44 valence electrons. The molecule has 0 fully saturated rings. The van der Waals surface area contributed by atoms with Crippen LogP contribution in [-0.4, -0.2) is 19.3 Å². The van der Waals surface area contributed by atoms with E-state index in [0.717, 1.165) is 6.54 Å². The highest BCUT2D eigenvalue weighted by atomic mass is 19.1. The lowest BCUT2D eigenvalue weighted by atomic mass is 10.4. The van der Waals surface area contributed by atoms with E-state index in [-0.39, 0.29) is 0 Å². The van der Waals surface area contributed by atoms with Crippen molar-refractivity contribution in [3.63, 3.8) is 0 Å². The Morgan fingerprint density at radius 3 is 2.43 bits per heavy atom. The van der Waals surface area contributed by atoms with Gasteiger partial charge in [0.2, 0.25) is 0 Å². The van der Waals surface area contributed by atoms with Crippen LogP contribution in [0.1, 0.15) is 13.8 Å². The summed E-state index contributed by atoms with van der Waals surface area (Å²) in [6.45, 7) is 4.84. The predicted molar refractivity (Wildman–Crippen MR) is 29.1 cm³/mol. The fourth-order valence-electron chi connectivity index (χ4n) is 0.343. The largest absolute Gasteiger partial charge is 0.314 e. The Morgan fingerprint density at radius 2 is 2.29 bits per heavy atom. The highest BCUT2D eigenvalue weighted by Gasteiger charge is 1.91. The molecule has 0 spiro atoms. The minimum absolute atomic E-state index is 0.483. The molecule has 1 nitrogen and oxygen atoms in total. The van der Waals surface area contributed by atoms with E-state index >= 15 is 0 Å². The van der Waals surface area contributed by atoms with Crippen LogP contribution in [0.15, 0.2) is 0 Å². The highest BCUT2D eigenvalue weighted by Crippen LogP contribution is 1.81. The first-order chi connectivity index (χ1) is 3.27. The van der Waals surface area contributed by atoms with Gasteiger partial charge in [0.05, 0.1) is 0 Å². The molecule has 0 unspecified atom stereocenters. The van der Waals surface area contributed by atoms with Crippen LogP contribution in [0.5, 0.6) is 0 Å². The monoisotopic (exact) mass is 105 g/mol. The molecule has 0 aliphatic heterocycles. The van der Waals surface area contributed by atoms with E-state index in [0.29, 0.717) is 6.54 Å². The lowest BCUT2D eigenvalue weighted by Crippen LogP contribution is -2.20. The van der Waals surface area contributed by atoms with Gasteiger partial charge in [-0.05, 0) is 13.5 Å². The molecule has 0 saturated carbocycles. The molecule has 0 bridgehead atoms. The van der Waals surface area contributed by atoms with Crippen LogP contribution in [0.2, 0.25) is 0 Å². The second kappa shape index (κ2) is 4.06. The topological polar surface area (TPSA) is 12.0 Å². The second-order valence-corrected chi connectivity index (χ2v) is 1.59. The summed E-state index contributed by atoms with van der Waals surface area (Å²) in [4.78, 5) is 0. The zero-order valence-corrected chi connectivity index (χ0v) is 4.87. The number of halogens is 1. The van der Waals surface area contributed by atoms with E-state index < -0.39 is 6.17 Å². The first kappa shape index (κ1) is 6.89. The van der Waals surface area contributed by atoms with Gasteiger partial charge in [0, 0.05) is 6.54 Å². The Morgan fingerprint density at radius 1 is 1.71 bits per heavy atom. The fourth-order valence-corrected chi connectivity index (χ4v) is 0.343. The molecule has 1 atom stereocenters. The Kier molecular flexibility index (Phi) is 4.00. The molecule has 2 heteroatoms. The summed E-state index contributed by atoms with van der Waals surface area (Å²) in [6, 6.07) is 0. The van der Waals surface area contributed by atoms with Crippen LogP contribution in [0.3, 0.4) is 0 Å².